The van der Waals surface area contributed by atoms with Gasteiger partial charge in [0.25, 0.3) is 0 Å². The molecule has 0 bridgehead atoms. The molecule has 0 saturated carbocycles. The number of nitrogens with one attached hydrogen (secondary N) is 2. The number of hydrogen-bond acceptors (Lipinski definition) is 6. The first kappa shape index (κ1) is 19.6. The lowest BCUT2D eigenvalue weighted by Gasteiger charge is -2.20. The summed E-state index contributed by atoms with van der Waals surface area (Å²) in [4.78, 5) is 13.0. The van der Waals surface area contributed by atoms with Gasteiger partial charge in [-0.2, -0.15) is 0 Å². The largest absolute Gasteiger partial charge is 0.490 e. The van der Waals surface area contributed by atoms with Crippen LogP contribution in [-0.2, 0) is 13.0 Å². The van der Waals surface area contributed by atoms with Gasteiger partial charge in [0.15, 0.2) is 17.4 Å². The number of hydrogen-bond donors (Lipinski definition) is 4. The van der Waals surface area contributed by atoms with Crippen LogP contribution in [0.25, 0.3) is 22.3 Å². The molecule has 156 valence electrons. The van der Waals surface area contributed by atoms with Gasteiger partial charge >= 0.3 is 7.12 Å². The molecule has 0 amide bonds. The third kappa shape index (κ3) is 3.64. The fraction of sp³-hybridized carbons (Fsp3) is 0.217. The normalized spacial score (nSPS) is 13.0. The number of fused-ring (bicyclic) bond motifs is 2. The maximum atomic E-state index is 9.75. The van der Waals surface area contributed by atoms with E-state index in [9.17, 15) is 10.0 Å². The van der Waals surface area contributed by atoms with Gasteiger partial charge in [0, 0.05) is 34.2 Å². The molecule has 31 heavy (non-hydrogen) atoms. The van der Waals surface area contributed by atoms with E-state index in [1.54, 1.807) is 6.07 Å². The van der Waals surface area contributed by atoms with E-state index in [4.69, 9.17) is 14.7 Å². The molecule has 0 aliphatic carbocycles. The Balaban J connectivity index is 1.62. The summed E-state index contributed by atoms with van der Waals surface area (Å²) in [5.41, 5.74) is 4.87. The summed E-state index contributed by atoms with van der Waals surface area (Å²) in [7, 11) is -1.56. The number of nitrogens with zero attached hydrogens (tertiary/aromatic N) is 2. The summed E-state index contributed by atoms with van der Waals surface area (Å²) in [5.74, 6) is 1.98. The van der Waals surface area contributed by atoms with E-state index in [1.807, 2.05) is 37.3 Å². The monoisotopic (exact) mass is 414 g/mol. The predicted octanol–water partition coefficient (Wildman–Crippen LogP) is 2.55. The molecule has 1 aliphatic rings. The lowest BCUT2D eigenvalue weighted by atomic mass is 9.79. The van der Waals surface area contributed by atoms with Crippen LogP contribution >= 0.6 is 0 Å². The Labute approximate surface area is 180 Å². The molecule has 0 spiro atoms. The Morgan fingerprint density at radius 3 is 2.74 bits per heavy atom. The average molecular weight is 414 g/mol. The maximum Gasteiger partial charge on any atom is 0.490 e. The van der Waals surface area contributed by atoms with Crippen molar-refractivity contribution in [3.8, 4) is 17.1 Å². The number of para-hydroxylation sites is 1. The second kappa shape index (κ2) is 8.05. The van der Waals surface area contributed by atoms with E-state index < -0.39 is 7.12 Å². The van der Waals surface area contributed by atoms with Gasteiger partial charge in [0.2, 0.25) is 0 Å². The lowest BCUT2D eigenvalue weighted by molar-refractivity contribution is 0.285. The van der Waals surface area contributed by atoms with Gasteiger partial charge in [-0.1, -0.05) is 48.5 Å². The fourth-order valence-corrected chi connectivity index (χ4v) is 4.12. The molecule has 3 heterocycles. The second-order valence-corrected chi connectivity index (χ2v) is 7.73. The quantitative estimate of drug-likeness (QED) is 0.375. The summed E-state index contributed by atoms with van der Waals surface area (Å²) in [5, 5.41) is 23.8. The zero-order valence-corrected chi connectivity index (χ0v) is 17.2. The van der Waals surface area contributed by atoms with Gasteiger partial charge in [0.1, 0.15) is 0 Å². The summed E-state index contributed by atoms with van der Waals surface area (Å²) in [6, 6.07) is 15.6. The van der Waals surface area contributed by atoms with Crippen LogP contribution in [0.2, 0.25) is 0 Å². The maximum absolute atomic E-state index is 9.75. The first-order chi connectivity index (χ1) is 15.1. The third-order valence-corrected chi connectivity index (χ3v) is 5.60. The Morgan fingerprint density at radius 1 is 1.10 bits per heavy atom. The number of anilines is 1. The minimum absolute atomic E-state index is 0.426. The topological polar surface area (TPSA) is 103 Å². The minimum Gasteiger partial charge on any atom is -0.488 e. The molecule has 1 aliphatic heterocycles. The third-order valence-electron chi connectivity index (χ3n) is 5.60. The molecular weight excluding hydrogens is 391 g/mol. The number of ether oxygens (including phenoxy) is 1. The van der Waals surface area contributed by atoms with E-state index in [1.165, 1.54) is 0 Å². The van der Waals surface area contributed by atoms with Crippen molar-refractivity contribution in [2.24, 2.45) is 0 Å². The van der Waals surface area contributed by atoms with Crippen LogP contribution in [0.5, 0.6) is 5.75 Å². The molecular formula is C23H23BN4O3. The Morgan fingerprint density at radius 2 is 1.94 bits per heavy atom. The molecule has 4 aromatic rings. The molecule has 0 fully saturated rings. The Hall–Kier alpha value is -3.36. The number of benzene rings is 2. The van der Waals surface area contributed by atoms with Gasteiger partial charge in [-0.05, 0) is 25.3 Å². The van der Waals surface area contributed by atoms with Crippen molar-refractivity contribution in [2.45, 2.75) is 26.3 Å². The number of rotatable bonds is 5. The standard InChI is InChI=1S/C23H23BN4O3/c1-14-19(16-9-5-10-17(24(29)30)20(16)26-14)22-27-18-11-6-12-31-21(18)23(28-22)25-13-15-7-3-2-4-8-15/h2-5,7-10,26,29-30H,6,11-13H2,1H3,(H,25,27,28). The van der Waals surface area contributed by atoms with Crippen LogP contribution in [0, 0.1) is 6.92 Å². The first-order valence-electron chi connectivity index (χ1n) is 10.4. The number of aromatic nitrogens is 3. The number of aromatic amines is 1. The predicted molar refractivity (Wildman–Crippen MR) is 121 cm³/mol. The van der Waals surface area contributed by atoms with E-state index in [0.29, 0.717) is 35.8 Å². The average Bonchev–Trinajstić information content (AvgIpc) is 3.13. The fourth-order valence-electron chi connectivity index (χ4n) is 4.12. The van der Waals surface area contributed by atoms with Crippen LogP contribution in [0.15, 0.2) is 48.5 Å². The Kier molecular flexibility index (Phi) is 5.09. The molecule has 0 radical (unpaired) electrons. The van der Waals surface area contributed by atoms with Crippen molar-refractivity contribution in [3.63, 3.8) is 0 Å². The molecule has 5 rings (SSSR count). The van der Waals surface area contributed by atoms with E-state index in [-0.39, 0.29) is 0 Å². The summed E-state index contributed by atoms with van der Waals surface area (Å²) in [6.45, 7) is 3.22. The SMILES string of the molecule is Cc1[nH]c2c(B(O)O)cccc2c1-c1nc2c(c(NCc3ccccc3)n1)OCCC2. The van der Waals surface area contributed by atoms with Crippen molar-refractivity contribution in [3.05, 3.63) is 65.5 Å². The highest BCUT2D eigenvalue weighted by Crippen LogP contribution is 2.36. The molecule has 0 unspecified atom stereocenters. The molecule has 0 atom stereocenters. The van der Waals surface area contributed by atoms with Crippen LogP contribution in [0.4, 0.5) is 5.82 Å². The second-order valence-electron chi connectivity index (χ2n) is 7.73. The summed E-state index contributed by atoms with van der Waals surface area (Å²) >= 11 is 0. The van der Waals surface area contributed by atoms with Crippen LogP contribution in [0.1, 0.15) is 23.4 Å². The first-order valence-corrected chi connectivity index (χ1v) is 10.4. The van der Waals surface area contributed by atoms with Gasteiger partial charge in [-0.25, -0.2) is 9.97 Å². The van der Waals surface area contributed by atoms with Gasteiger partial charge < -0.3 is 25.1 Å². The van der Waals surface area contributed by atoms with Crippen molar-refractivity contribution < 1.29 is 14.8 Å². The zero-order chi connectivity index (χ0) is 21.4. The molecule has 2 aromatic heterocycles. The highest BCUT2D eigenvalue weighted by molar-refractivity contribution is 6.61. The Bertz CT molecular complexity index is 1240. The van der Waals surface area contributed by atoms with Crippen molar-refractivity contribution in [1.82, 2.24) is 15.0 Å². The summed E-state index contributed by atoms with van der Waals surface area (Å²) in [6.07, 6.45) is 1.74. The zero-order valence-electron chi connectivity index (χ0n) is 17.2. The van der Waals surface area contributed by atoms with Crippen LogP contribution in [0.3, 0.4) is 0 Å². The van der Waals surface area contributed by atoms with E-state index in [0.717, 1.165) is 46.5 Å². The van der Waals surface area contributed by atoms with Crippen molar-refractivity contribution >= 4 is 29.3 Å². The smallest absolute Gasteiger partial charge is 0.488 e. The van der Waals surface area contributed by atoms with Gasteiger partial charge in [-0.3, -0.25) is 0 Å². The molecule has 4 N–H and O–H groups in total. The highest BCUT2D eigenvalue weighted by Gasteiger charge is 2.24. The molecule has 7 nitrogen and oxygen atoms in total. The molecule has 2 aromatic carbocycles. The number of H-pyrrole nitrogens is 1. The lowest BCUT2D eigenvalue weighted by Crippen LogP contribution is -2.30. The highest BCUT2D eigenvalue weighted by atomic mass is 16.5. The van der Waals surface area contributed by atoms with E-state index in [2.05, 4.69) is 22.4 Å². The van der Waals surface area contributed by atoms with E-state index >= 15 is 0 Å². The van der Waals surface area contributed by atoms with Crippen LogP contribution < -0.4 is 15.5 Å². The van der Waals surface area contributed by atoms with Gasteiger partial charge in [-0.15, -0.1) is 0 Å². The molecule has 0 saturated heterocycles. The van der Waals surface area contributed by atoms with Crippen LogP contribution in [-0.4, -0.2) is 38.7 Å². The van der Waals surface area contributed by atoms with Crippen molar-refractivity contribution in [1.29, 1.82) is 0 Å². The van der Waals surface area contributed by atoms with Crippen molar-refractivity contribution in [2.75, 3.05) is 11.9 Å². The minimum atomic E-state index is -1.56. The molecule has 8 heteroatoms. The summed E-state index contributed by atoms with van der Waals surface area (Å²) < 4.78 is 5.92. The number of aryl methyl sites for hydroxylation is 2. The van der Waals surface area contributed by atoms with Gasteiger partial charge in [0.05, 0.1) is 12.3 Å².